The van der Waals surface area contributed by atoms with Crippen LogP contribution in [0.2, 0.25) is 0 Å². The highest BCUT2D eigenvalue weighted by Gasteiger charge is 2.18. The van der Waals surface area contributed by atoms with Gasteiger partial charge in [0.05, 0.1) is 38.6 Å². The topological polar surface area (TPSA) is 27.7 Å². The first-order valence-corrected chi connectivity index (χ1v) is 17.4. The Kier molecular flexibility index (Phi) is 5.92. The molecule has 4 heterocycles. The Balaban J connectivity index is 1.10. The van der Waals surface area contributed by atoms with Gasteiger partial charge in [0.25, 0.3) is 0 Å². The first-order chi connectivity index (χ1) is 25.3. The molecule has 0 radical (unpaired) electrons. The van der Waals surface area contributed by atoms with Crippen molar-refractivity contribution < 1.29 is 0 Å². The minimum absolute atomic E-state index is 1.00. The highest BCUT2D eigenvalue weighted by molar-refractivity contribution is 6.13. The van der Waals surface area contributed by atoms with Gasteiger partial charge in [0.15, 0.2) is 0 Å². The minimum Gasteiger partial charge on any atom is -0.309 e. The highest BCUT2D eigenvalue weighted by Crippen LogP contribution is 2.39. The summed E-state index contributed by atoms with van der Waals surface area (Å²) in [5, 5.41) is 6.12. The van der Waals surface area contributed by atoms with Crippen LogP contribution in [0.15, 0.2) is 182 Å². The summed E-state index contributed by atoms with van der Waals surface area (Å²) >= 11 is 0. The number of hydrogen-bond donors (Lipinski definition) is 0. The normalized spacial score (nSPS) is 11.9. The molecule has 0 saturated heterocycles. The molecule has 0 amide bonds. The maximum absolute atomic E-state index is 4.88. The van der Waals surface area contributed by atoms with Crippen LogP contribution in [0.5, 0.6) is 0 Å². The Morgan fingerprint density at radius 1 is 0.294 bits per heavy atom. The van der Waals surface area contributed by atoms with Crippen LogP contribution in [0.25, 0.3) is 93.7 Å². The van der Waals surface area contributed by atoms with Crippen LogP contribution in [0.3, 0.4) is 0 Å². The predicted molar refractivity (Wildman–Crippen MR) is 213 cm³/mol. The summed E-state index contributed by atoms with van der Waals surface area (Å²) in [5.41, 5.74) is 13.9. The van der Waals surface area contributed by atoms with E-state index in [0.29, 0.717) is 0 Å². The van der Waals surface area contributed by atoms with E-state index >= 15 is 0 Å². The van der Waals surface area contributed by atoms with Crippen LogP contribution in [-0.4, -0.2) is 18.7 Å². The van der Waals surface area contributed by atoms with Gasteiger partial charge in [-0.3, -0.25) is 4.98 Å². The van der Waals surface area contributed by atoms with Crippen molar-refractivity contribution in [2.24, 2.45) is 0 Å². The fourth-order valence-electron chi connectivity index (χ4n) is 8.26. The van der Waals surface area contributed by atoms with Crippen LogP contribution >= 0.6 is 0 Å². The van der Waals surface area contributed by atoms with Crippen LogP contribution < -0.4 is 0 Å². The smallest absolute Gasteiger partial charge is 0.0964 e. The number of benzene rings is 7. The molecule has 4 nitrogen and oxygen atoms in total. The molecule has 0 spiro atoms. The van der Waals surface area contributed by atoms with Crippen molar-refractivity contribution in [3.8, 4) is 28.2 Å². The maximum Gasteiger partial charge on any atom is 0.0964 e. The number of hydrogen-bond acceptors (Lipinski definition) is 1. The number of fused-ring (bicyclic) bond motifs is 9. The van der Waals surface area contributed by atoms with E-state index in [1.165, 1.54) is 60.4 Å². The average Bonchev–Trinajstić information content (AvgIpc) is 3.83. The number of pyridine rings is 1. The fourth-order valence-corrected chi connectivity index (χ4v) is 8.26. The van der Waals surface area contributed by atoms with E-state index in [0.717, 1.165) is 33.3 Å². The zero-order chi connectivity index (χ0) is 33.5. The third kappa shape index (κ3) is 4.11. The molecule has 0 fully saturated rings. The molecule has 0 aliphatic rings. The third-order valence-electron chi connectivity index (χ3n) is 10.5. The summed E-state index contributed by atoms with van der Waals surface area (Å²) in [5.74, 6) is 0. The molecule has 0 atom stereocenters. The lowest BCUT2D eigenvalue weighted by Crippen LogP contribution is -1.95. The molecule has 51 heavy (non-hydrogen) atoms. The van der Waals surface area contributed by atoms with Crippen molar-refractivity contribution in [3.63, 3.8) is 0 Å². The Morgan fingerprint density at radius 2 is 0.745 bits per heavy atom. The number of rotatable bonds is 4. The number of para-hydroxylation sites is 4. The van der Waals surface area contributed by atoms with Gasteiger partial charge in [0, 0.05) is 50.2 Å². The van der Waals surface area contributed by atoms with Crippen molar-refractivity contribution in [3.05, 3.63) is 182 Å². The summed E-state index contributed by atoms with van der Waals surface area (Å²) in [6.45, 7) is 0. The van der Waals surface area contributed by atoms with Crippen molar-refractivity contribution >= 4 is 65.5 Å². The van der Waals surface area contributed by atoms with E-state index < -0.39 is 0 Å². The van der Waals surface area contributed by atoms with Gasteiger partial charge in [-0.15, -0.1) is 0 Å². The molecule has 4 heteroatoms. The van der Waals surface area contributed by atoms with E-state index in [1.54, 1.807) is 0 Å². The van der Waals surface area contributed by atoms with Gasteiger partial charge in [-0.2, -0.15) is 0 Å². The van der Waals surface area contributed by atoms with Gasteiger partial charge >= 0.3 is 0 Å². The lowest BCUT2D eigenvalue weighted by atomic mass is 10.0. The van der Waals surface area contributed by atoms with E-state index in [2.05, 4.69) is 184 Å². The minimum atomic E-state index is 1.00. The van der Waals surface area contributed by atoms with Crippen molar-refractivity contribution in [2.75, 3.05) is 0 Å². The largest absolute Gasteiger partial charge is 0.309 e. The molecule has 7 aromatic carbocycles. The van der Waals surface area contributed by atoms with Crippen molar-refractivity contribution in [1.29, 1.82) is 0 Å². The summed E-state index contributed by atoms with van der Waals surface area (Å²) in [4.78, 5) is 4.88. The zero-order valence-corrected chi connectivity index (χ0v) is 27.6. The number of aromatic nitrogens is 4. The van der Waals surface area contributed by atoms with E-state index in [9.17, 15) is 0 Å². The molecular formula is C47H30N4. The molecule has 0 saturated carbocycles. The van der Waals surface area contributed by atoms with Gasteiger partial charge in [-0.05, 0) is 102 Å². The van der Waals surface area contributed by atoms with Gasteiger partial charge in [-0.25, -0.2) is 0 Å². The molecular weight excluding hydrogens is 621 g/mol. The quantitative estimate of drug-likeness (QED) is 0.186. The average molecular weight is 651 g/mol. The van der Waals surface area contributed by atoms with Gasteiger partial charge < -0.3 is 13.7 Å². The van der Waals surface area contributed by atoms with E-state index in [1.807, 2.05) is 12.3 Å². The van der Waals surface area contributed by atoms with E-state index in [-0.39, 0.29) is 0 Å². The standard InChI is InChI=1S/C47H30N4/c1-3-12-33(13-4-1)49-41-18-9-7-16-36(41)38-28-31(21-24-43(38)49)32-22-25-44-39(29-32)37-17-8-10-19-42(37)51(44)35-23-26-45-40(30-35)47-46(20-11-27-48-47)50(45)34-14-5-2-6-15-34/h1-30H. The Morgan fingerprint density at radius 3 is 1.35 bits per heavy atom. The molecule has 0 aliphatic carbocycles. The number of nitrogens with zero attached hydrogens (tertiary/aromatic N) is 4. The second-order valence-electron chi connectivity index (χ2n) is 13.2. The van der Waals surface area contributed by atoms with Crippen molar-refractivity contribution in [1.82, 2.24) is 18.7 Å². The zero-order valence-electron chi connectivity index (χ0n) is 27.6. The van der Waals surface area contributed by atoms with Gasteiger partial charge in [0.2, 0.25) is 0 Å². The third-order valence-corrected chi connectivity index (χ3v) is 10.5. The molecule has 4 aromatic heterocycles. The summed E-state index contributed by atoms with van der Waals surface area (Å²) < 4.78 is 7.09. The van der Waals surface area contributed by atoms with Crippen LogP contribution in [0.1, 0.15) is 0 Å². The first-order valence-electron chi connectivity index (χ1n) is 17.4. The van der Waals surface area contributed by atoms with Crippen molar-refractivity contribution in [2.45, 2.75) is 0 Å². The Labute approximate surface area is 293 Å². The molecule has 238 valence electrons. The highest BCUT2D eigenvalue weighted by atomic mass is 15.0. The van der Waals surface area contributed by atoms with Crippen LogP contribution in [0.4, 0.5) is 0 Å². The molecule has 0 aliphatic heterocycles. The van der Waals surface area contributed by atoms with Gasteiger partial charge in [0.1, 0.15) is 0 Å². The van der Waals surface area contributed by atoms with Crippen LogP contribution in [0, 0.1) is 0 Å². The second kappa shape index (κ2) is 10.8. The second-order valence-corrected chi connectivity index (χ2v) is 13.2. The molecule has 11 rings (SSSR count). The first kappa shape index (κ1) is 28.0. The molecule has 0 N–H and O–H groups in total. The Hall–Kier alpha value is -6.91. The monoisotopic (exact) mass is 650 g/mol. The lowest BCUT2D eigenvalue weighted by Gasteiger charge is -2.10. The lowest BCUT2D eigenvalue weighted by molar-refractivity contribution is 1.16. The SMILES string of the molecule is c1ccc(-n2c3ccccc3c3cc(-c4ccc5c(c4)c4ccccc4n5-c4ccc5c(c4)c4ncccc4n5-c4ccccc4)ccc32)cc1. The summed E-state index contributed by atoms with van der Waals surface area (Å²) in [6.07, 6.45) is 1.89. The summed E-state index contributed by atoms with van der Waals surface area (Å²) in [6, 6.07) is 63.5. The Bertz CT molecular complexity index is 3130. The molecule has 0 bridgehead atoms. The van der Waals surface area contributed by atoms with E-state index in [4.69, 9.17) is 4.98 Å². The summed E-state index contributed by atoms with van der Waals surface area (Å²) in [7, 11) is 0. The van der Waals surface area contributed by atoms with Gasteiger partial charge in [-0.1, -0.05) is 84.9 Å². The fraction of sp³-hybridized carbons (Fsp3) is 0. The predicted octanol–water partition coefficient (Wildman–Crippen LogP) is 12.0. The molecule has 11 aromatic rings. The maximum atomic E-state index is 4.88. The molecule has 0 unspecified atom stereocenters. The van der Waals surface area contributed by atoms with Crippen LogP contribution in [-0.2, 0) is 0 Å².